The molecule has 0 spiro atoms. The fraction of sp³-hybridized carbons (Fsp3) is 0.278. The van der Waals surface area contributed by atoms with Gasteiger partial charge in [-0.15, -0.1) is 0 Å². The molecule has 0 aliphatic rings. The molecule has 2 rings (SSSR count). The summed E-state index contributed by atoms with van der Waals surface area (Å²) < 4.78 is 6.47. The van der Waals surface area contributed by atoms with Gasteiger partial charge in [0.05, 0.1) is 6.61 Å². The average molecular weight is 393 g/mol. The minimum atomic E-state index is 0.648. The van der Waals surface area contributed by atoms with E-state index in [2.05, 4.69) is 38.7 Å². The molecule has 0 saturated heterocycles. The monoisotopic (exact) mass is 392 g/mol. The number of nitrogens with one attached hydrogen (secondary N) is 2. The Labute approximate surface area is 151 Å². The summed E-state index contributed by atoms with van der Waals surface area (Å²) in [5, 5.41) is 7.06. The standard InChI is InChI=1S/C18H21BrN2OS/c1-2-22-17-10-8-14(9-11-17)5-4-12-20-18(23)21-16-7-3-6-15(19)13-16/h3,6-11,13H,2,4-5,12H2,1H3,(H2,20,21,23). The van der Waals surface area contributed by atoms with Gasteiger partial charge in [-0.3, -0.25) is 0 Å². The smallest absolute Gasteiger partial charge is 0.170 e. The minimum absolute atomic E-state index is 0.648. The van der Waals surface area contributed by atoms with Crippen LogP contribution in [0, 0.1) is 0 Å². The lowest BCUT2D eigenvalue weighted by molar-refractivity contribution is 0.340. The van der Waals surface area contributed by atoms with Gasteiger partial charge in [0.2, 0.25) is 0 Å². The van der Waals surface area contributed by atoms with E-state index in [9.17, 15) is 0 Å². The topological polar surface area (TPSA) is 33.3 Å². The molecule has 0 unspecified atom stereocenters. The first-order valence-electron chi connectivity index (χ1n) is 7.69. The summed E-state index contributed by atoms with van der Waals surface area (Å²) in [7, 11) is 0. The molecule has 0 fully saturated rings. The highest BCUT2D eigenvalue weighted by Gasteiger charge is 1.99. The molecule has 23 heavy (non-hydrogen) atoms. The van der Waals surface area contributed by atoms with Crippen molar-refractivity contribution in [3.8, 4) is 5.75 Å². The summed E-state index contributed by atoms with van der Waals surface area (Å²) in [5.74, 6) is 0.925. The van der Waals surface area contributed by atoms with E-state index in [-0.39, 0.29) is 0 Å². The number of aryl methyl sites for hydroxylation is 1. The molecule has 2 N–H and O–H groups in total. The van der Waals surface area contributed by atoms with Gasteiger partial charge >= 0.3 is 0 Å². The zero-order valence-corrected chi connectivity index (χ0v) is 15.5. The van der Waals surface area contributed by atoms with Crippen molar-refractivity contribution in [2.45, 2.75) is 19.8 Å². The molecule has 0 aromatic heterocycles. The Morgan fingerprint density at radius 2 is 1.96 bits per heavy atom. The molecule has 2 aromatic rings. The molecule has 0 saturated carbocycles. The summed E-state index contributed by atoms with van der Waals surface area (Å²) in [4.78, 5) is 0. The highest BCUT2D eigenvalue weighted by atomic mass is 79.9. The number of anilines is 1. The maximum absolute atomic E-state index is 5.44. The van der Waals surface area contributed by atoms with Crippen LogP contribution in [0.1, 0.15) is 18.9 Å². The molecular weight excluding hydrogens is 372 g/mol. The van der Waals surface area contributed by atoms with Crippen molar-refractivity contribution in [1.29, 1.82) is 0 Å². The Kier molecular flexibility index (Phi) is 7.36. The molecule has 0 heterocycles. The second-order valence-electron chi connectivity index (χ2n) is 5.07. The first-order chi connectivity index (χ1) is 11.2. The van der Waals surface area contributed by atoms with Crippen molar-refractivity contribution in [3.63, 3.8) is 0 Å². The summed E-state index contributed by atoms with van der Waals surface area (Å²) in [6.07, 6.45) is 2.03. The van der Waals surface area contributed by atoms with Crippen LogP contribution < -0.4 is 15.4 Å². The van der Waals surface area contributed by atoms with Crippen LogP contribution in [-0.2, 0) is 6.42 Å². The van der Waals surface area contributed by atoms with Gasteiger partial charge in [0.25, 0.3) is 0 Å². The third-order valence-electron chi connectivity index (χ3n) is 3.24. The first kappa shape index (κ1) is 17.8. The third-order valence-corrected chi connectivity index (χ3v) is 3.98. The van der Waals surface area contributed by atoms with E-state index < -0.39 is 0 Å². The highest BCUT2D eigenvalue weighted by Crippen LogP contribution is 2.15. The minimum Gasteiger partial charge on any atom is -0.494 e. The third kappa shape index (κ3) is 6.59. The lowest BCUT2D eigenvalue weighted by Gasteiger charge is -2.11. The molecule has 0 radical (unpaired) electrons. The lowest BCUT2D eigenvalue weighted by atomic mass is 10.1. The maximum atomic E-state index is 5.44. The Morgan fingerprint density at radius 1 is 1.17 bits per heavy atom. The van der Waals surface area contributed by atoms with Crippen LogP contribution in [0.3, 0.4) is 0 Å². The van der Waals surface area contributed by atoms with E-state index in [4.69, 9.17) is 17.0 Å². The second-order valence-corrected chi connectivity index (χ2v) is 6.40. The quantitative estimate of drug-likeness (QED) is 0.525. The van der Waals surface area contributed by atoms with E-state index in [0.717, 1.165) is 35.3 Å². The lowest BCUT2D eigenvalue weighted by Crippen LogP contribution is -2.29. The average Bonchev–Trinajstić information content (AvgIpc) is 2.53. The van der Waals surface area contributed by atoms with Gasteiger partial charge in [0, 0.05) is 16.7 Å². The van der Waals surface area contributed by atoms with Gasteiger partial charge in [-0.1, -0.05) is 34.1 Å². The molecule has 0 amide bonds. The molecule has 0 aliphatic carbocycles. The summed E-state index contributed by atoms with van der Waals surface area (Å²) in [6, 6.07) is 16.2. The van der Waals surface area contributed by atoms with Gasteiger partial charge in [-0.25, -0.2) is 0 Å². The van der Waals surface area contributed by atoms with Crippen molar-refractivity contribution >= 4 is 38.9 Å². The fourth-order valence-electron chi connectivity index (χ4n) is 2.15. The largest absolute Gasteiger partial charge is 0.494 e. The van der Waals surface area contributed by atoms with Gasteiger partial charge in [0.1, 0.15) is 5.75 Å². The second kappa shape index (κ2) is 9.53. The number of rotatable bonds is 7. The van der Waals surface area contributed by atoms with Gasteiger partial charge in [-0.05, 0) is 67.9 Å². The molecular formula is C18H21BrN2OS. The van der Waals surface area contributed by atoms with Crippen LogP contribution in [0.2, 0.25) is 0 Å². The van der Waals surface area contributed by atoms with Crippen molar-refractivity contribution in [3.05, 3.63) is 58.6 Å². The van der Waals surface area contributed by atoms with E-state index in [1.54, 1.807) is 0 Å². The van der Waals surface area contributed by atoms with Gasteiger partial charge < -0.3 is 15.4 Å². The highest BCUT2D eigenvalue weighted by molar-refractivity contribution is 9.10. The molecule has 2 aromatic carbocycles. The predicted octanol–water partition coefficient (Wildman–Crippen LogP) is 4.77. The zero-order chi connectivity index (χ0) is 16.5. The Morgan fingerprint density at radius 3 is 2.65 bits per heavy atom. The van der Waals surface area contributed by atoms with Crippen LogP contribution >= 0.6 is 28.1 Å². The van der Waals surface area contributed by atoms with Gasteiger partial charge in [-0.2, -0.15) is 0 Å². The molecule has 5 heteroatoms. The Balaban J connectivity index is 1.67. The molecule has 122 valence electrons. The molecule has 3 nitrogen and oxygen atoms in total. The van der Waals surface area contributed by atoms with Crippen molar-refractivity contribution in [2.75, 3.05) is 18.5 Å². The van der Waals surface area contributed by atoms with Crippen LogP contribution in [0.4, 0.5) is 5.69 Å². The van der Waals surface area contributed by atoms with Crippen LogP contribution in [-0.4, -0.2) is 18.3 Å². The van der Waals surface area contributed by atoms with Crippen LogP contribution in [0.5, 0.6) is 5.75 Å². The first-order valence-corrected chi connectivity index (χ1v) is 8.89. The summed E-state index contributed by atoms with van der Waals surface area (Å²) in [6.45, 7) is 3.53. The summed E-state index contributed by atoms with van der Waals surface area (Å²) >= 11 is 8.75. The number of ether oxygens (including phenoxy) is 1. The van der Waals surface area contributed by atoms with E-state index in [1.165, 1.54) is 5.56 Å². The van der Waals surface area contributed by atoms with E-state index in [0.29, 0.717) is 11.7 Å². The zero-order valence-electron chi connectivity index (χ0n) is 13.1. The number of hydrogen-bond acceptors (Lipinski definition) is 2. The number of halogens is 1. The van der Waals surface area contributed by atoms with Crippen molar-refractivity contribution < 1.29 is 4.74 Å². The normalized spacial score (nSPS) is 10.2. The Bertz CT molecular complexity index is 631. The van der Waals surface area contributed by atoms with Gasteiger partial charge in [0.15, 0.2) is 5.11 Å². The van der Waals surface area contributed by atoms with E-state index in [1.807, 2.05) is 43.3 Å². The maximum Gasteiger partial charge on any atom is 0.170 e. The van der Waals surface area contributed by atoms with Crippen LogP contribution in [0.25, 0.3) is 0 Å². The molecule has 0 bridgehead atoms. The SMILES string of the molecule is CCOc1ccc(CCCNC(=S)Nc2cccc(Br)c2)cc1. The predicted molar refractivity (Wildman–Crippen MR) is 104 cm³/mol. The summed E-state index contributed by atoms with van der Waals surface area (Å²) in [5.41, 5.74) is 2.28. The fourth-order valence-corrected chi connectivity index (χ4v) is 2.77. The van der Waals surface area contributed by atoms with Crippen molar-refractivity contribution in [2.24, 2.45) is 0 Å². The molecule has 0 aliphatic heterocycles. The van der Waals surface area contributed by atoms with E-state index >= 15 is 0 Å². The number of hydrogen-bond donors (Lipinski definition) is 2. The van der Waals surface area contributed by atoms with Crippen LogP contribution in [0.15, 0.2) is 53.0 Å². The Hall–Kier alpha value is -1.59. The number of benzene rings is 2. The van der Waals surface area contributed by atoms with Crippen molar-refractivity contribution in [1.82, 2.24) is 5.32 Å². The molecule has 0 atom stereocenters. The number of thiocarbonyl (C=S) groups is 1.